The van der Waals surface area contributed by atoms with Crippen molar-refractivity contribution in [3.63, 3.8) is 0 Å². The van der Waals surface area contributed by atoms with E-state index in [1.165, 1.54) is 0 Å². The maximum atomic E-state index is 12.2. The molecule has 0 amide bonds. The fraction of sp³-hybridized carbons (Fsp3) is 0.400. The SMILES string of the molecule is Cc1ccc(C(=O)C2C(=O)CCCCC2=O)cc1. The van der Waals surface area contributed by atoms with Crippen molar-refractivity contribution in [3.05, 3.63) is 35.4 Å². The van der Waals surface area contributed by atoms with Gasteiger partial charge < -0.3 is 0 Å². The van der Waals surface area contributed by atoms with Gasteiger partial charge in [0.2, 0.25) is 0 Å². The Balaban J connectivity index is 2.28. The molecule has 1 aromatic rings. The number of Topliss-reactive ketones (excluding diaryl/α,β-unsaturated/α-hetero) is 3. The standard InChI is InChI=1S/C15H16O3/c1-10-6-8-11(9-7-10)15(18)14-12(16)4-2-3-5-13(14)17/h6-9,14H,2-5H2,1H3. The van der Waals surface area contributed by atoms with E-state index in [0.29, 0.717) is 31.2 Å². The summed E-state index contributed by atoms with van der Waals surface area (Å²) in [5.74, 6) is -1.84. The maximum absolute atomic E-state index is 12.2. The highest BCUT2D eigenvalue weighted by atomic mass is 16.2. The first kappa shape index (κ1) is 12.7. The highest BCUT2D eigenvalue weighted by Gasteiger charge is 2.34. The van der Waals surface area contributed by atoms with Crippen LogP contribution >= 0.6 is 0 Å². The smallest absolute Gasteiger partial charge is 0.180 e. The van der Waals surface area contributed by atoms with E-state index >= 15 is 0 Å². The van der Waals surface area contributed by atoms with Crippen molar-refractivity contribution in [3.8, 4) is 0 Å². The van der Waals surface area contributed by atoms with Crippen LogP contribution in [0.5, 0.6) is 0 Å². The highest BCUT2D eigenvalue weighted by Crippen LogP contribution is 2.21. The lowest BCUT2D eigenvalue weighted by molar-refractivity contribution is -0.129. The summed E-state index contributed by atoms with van der Waals surface area (Å²) in [7, 11) is 0. The van der Waals surface area contributed by atoms with Crippen LogP contribution in [0.1, 0.15) is 41.6 Å². The number of carbonyl (C=O) groups is 3. The molecule has 3 heteroatoms. The number of rotatable bonds is 2. The molecule has 0 saturated heterocycles. The fourth-order valence-electron chi connectivity index (χ4n) is 2.24. The predicted octanol–water partition coefficient (Wildman–Crippen LogP) is 2.51. The lowest BCUT2D eigenvalue weighted by Crippen LogP contribution is -2.30. The van der Waals surface area contributed by atoms with E-state index in [1.54, 1.807) is 12.1 Å². The zero-order valence-electron chi connectivity index (χ0n) is 10.4. The van der Waals surface area contributed by atoms with Crippen molar-refractivity contribution in [2.24, 2.45) is 5.92 Å². The third kappa shape index (κ3) is 2.55. The van der Waals surface area contributed by atoms with Crippen LogP contribution < -0.4 is 0 Å². The van der Waals surface area contributed by atoms with Gasteiger partial charge in [0.15, 0.2) is 17.3 Å². The molecule has 0 radical (unpaired) electrons. The molecule has 1 aliphatic carbocycles. The van der Waals surface area contributed by atoms with Gasteiger partial charge in [-0.05, 0) is 19.8 Å². The van der Waals surface area contributed by atoms with Crippen LogP contribution in [-0.2, 0) is 9.59 Å². The molecule has 0 aliphatic heterocycles. The van der Waals surface area contributed by atoms with E-state index in [1.807, 2.05) is 19.1 Å². The minimum Gasteiger partial charge on any atom is -0.298 e. The average Bonchev–Trinajstić information content (AvgIpc) is 2.51. The topological polar surface area (TPSA) is 51.2 Å². The zero-order chi connectivity index (χ0) is 13.1. The normalized spacial score (nSPS) is 17.6. The molecular weight excluding hydrogens is 228 g/mol. The molecule has 1 saturated carbocycles. The van der Waals surface area contributed by atoms with E-state index < -0.39 is 5.92 Å². The number of benzene rings is 1. The van der Waals surface area contributed by atoms with Gasteiger partial charge in [-0.15, -0.1) is 0 Å². The molecule has 0 heterocycles. The molecule has 0 unspecified atom stereocenters. The van der Waals surface area contributed by atoms with Crippen molar-refractivity contribution in [1.82, 2.24) is 0 Å². The third-order valence-corrected chi connectivity index (χ3v) is 3.34. The Bertz CT molecular complexity index is 467. The Hall–Kier alpha value is -1.77. The Morgan fingerprint density at radius 3 is 2.00 bits per heavy atom. The van der Waals surface area contributed by atoms with E-state index in [2.05, 4.69) is 0 Å². The van der Waals surface area contributed by atoms with Crippen LogP contribution in [0, 0.1) is 12.8 Å². The summed E-state index contributed by atoms with van der Waals surface area (Å²) in [5, 5.41) is 0. The molecule has 0 spiro atoms. The second kappa shape index (κ2) is 5.25. The lowest BCUT2D eigenvalue weighted by atomic mass is 9.89. The van der Waals surface area contributed by atoms with Gasteiger partial charge >= 0.3 is 0 Å². The van der Waals surface area contributed by atoms with Crippen molar-refractivity contribution in [1.29, 1.82) is 0 Å². The summed E-state index contributed by atoms with van der Waals surface area (Å²) >= 11 is 0. The first-order valence-electron chi connectivity index (χ1n) is 6.26. The van der Waals surface area contributed by atoms with Crippen molar-refractivity contribution >= 4 is 17.3 Å². The minimum atomic E-state index is -1.06. The Kier molecular flexibility index (Phi) is 3.70. The molecule has 0 atom stereocenters. The van der Waals surface area contributed by atoms with Crippen LogP contribution in [0.3, 0.4) is 0 Å². The molecule has 1 aromatic carbocycles. The van der Waals surface area contributed by atoms with Crippen LogP contribution in [0.2, 0.25) is 0 Å². The van der Waals surface area contributed by atoms with Gasteiger partial charge in [-0.25, -0.2) is 0 Å². The van der Waals surface area contributed by atoms with Crippen LogP contribution in [0.25, 0.3) is 0 Å². The zero-order valence-corrected chi connectivity index (χ0v) is 10.4. The predicted molar refractivity (Wildman–Crippen MR) is 67.5 cm³/mol. The first-order valence-corrected chi connectivity index (χ1v) is 6.26. The Morgan fingerprint density at radius 1 is 1.00 bits per heavy atom. The quantitative estimate of drug-likeness (QED) is 0.456. The lowest BCUT2D eigenvalue weighted by Gasteiger charge is -2.10. The third-order valence-electron chi connectivity index (χ3n) is 3.34. The minimum absolute atomic E-state index is 0.219. The molecule has 0 bridgehead atoms. The summed E-state index contributed by atoms with van der Waals surface area (Å²) in [6, 6.07) is 7.00. The average molecular weight is 244 g/mol. The summed E-state index contributed by atoms with van der Waals surface area (Å²) in [5.41, 5.74) is 1.50. The van der Waals surface area contributed by atoms with Gasteiger partial charge in [-0.3, -0.25) is 14.4 Å². The summed E-state index contributed by atoms with van der Waals surface area (Å²) in [6.07, 6.45) is 2.10. The van der Waals surface area contributed by atoms with Crippen molar-refractivity contribution in [2.75, 3.05) is 0 Å². The van der Waals surface area contributed by atoms with Gasteiger partial charge in [-0.1, -0.05) is 29.8 Å². The number of hydrogen-bond donors (Lipinski definition) is 0. The van der Waals surface area contributed by atoms with E-state index in [-0.39, 0.29) is 17.3 Å². The fourth-order valence-corrected chi connectivity index (χ4v) is 2.24. The number of carbonyl (C=O) groups excluding carboxylic acids is 3. The highest BCUT2D eigenvalue weighted by molar-refractivity contribution is 6.24. The molecule has 0 aromatic heterocycles. The van der Waals surface area contributed by atoms with Crippen LogP contribution in [0.15, 0.2) is 24.3 Å². The molecule has 2 rings (SSSR count). The van der Waals surface area contributed by atoms with Crippen molar-refractivity contribution in [2.45, 2.75) is 32.6 Å². The first-order chi connectivity index (χ1) is 8.59. The molecular formula is C15H16O3. The molecule has 18 heavy (non-hydrogen) atoms. The van der Waals surface area contributed by atoms with Crippen LogP contribution in [0.4, 0.5) is 0 Å². The van der Waals surface area contributed by atoms with Crippen LogP contribution in [-0.4, -0.2) is 17.3 Å². The molecule has 0 N–H and O–H groups in total. The Labute approximate surface area is 106 Å². The number of hydrogen-bond acceptors (Lipinski definition) is 3. The number of ketones is 3. The van der Waals surface area contributed by atoms with Gasteiger partial charge in [-0.2, -0.15) is 0 Å². The second-order valence-corrected chi connectivity index (χ2v) is 4.80. The summed E-state index contributed by atoms with van der Waals surface area (Å²) in [4.78, 5) is 36.0. The monoisotopic (exact) mass is 244 g/mol. The summed E-state index contributed by atoms with van der Waals surface area (Å²) in [6.45, 7) is 1.93. The largest absolute Gasteiger partial charge is 0.298 e. The van der Waals surface area contributed by atoms with Gasteiger partial charge in [0.25, 0.3) is 0 Å². The molecule has 3 nitrogen and oxygen atoms in total. The van der Waals surface area contributed by atoms with E-state index in [4.69, 9.17) is 0 Å². The van der Waals surface area contributed by atoms with Gasteiger partial charge in [0.05, 0.1) is 0 Å². The van der Waals surface area contributed by atoms with Gasteiger partial charge in [0, 0.05) is 18.4 Å². The number of aryl methyl sites for hydroxylation is 1. The van der Waals surface area contributed by atoms with E-state index in [9.17, 15) is 14.4 Å². The molecule has 1 fully saturated rings. The Morgan fingerprint density at radius 2 is 1.50 bits per heavy atom. The van der Waals surface area contributed by atoms with E-state index in [0.717, 1.165) is 5.56 Å². The summed E-state index contributed by atoms with van der Waals surface area (Å²) < 4.78 is 0. The second-order valence-electron chi connectivity index (χ2n) is 4.80. The van der Waals surface area contributed by atoms with Crippen molar-refractivity contribution < 1.29 is 14.4 Å². The molecule has 1 aliphatic rings. The van der Waals surface area contributed by atoms with Gasteiger partial charge in [0.1, 0.15) is 5.92 Å². The molecule has 94 valence electrons. The maximum Gasteiger partial charge on any atom is 0.180 e.